The second-order valence-corrected chi connectivity index (χ2v) is 7.01. The summed E-state index contributed by atoms with van der Waals surface area (Å²) in [6.07, 6.45) is 0. The van der Waals surface area contributed by atoms with Crippen LogP contribution in [0.2, 0.25) is 0 Å². The number of nitrogen functional groups attached to an aromatic ring is 1. The molecule has 27 heavy (non-hydrogen) atoms. The number of nitrogens with two attached hydrogens (primary N) is 1. The Morgan fingerprint density at radius 2 is 1.96 bits per heavy atom. The zero-order valence-electron chi connectivity index (χ0n) is 14.9. The number of H-pyrrole nitrogens is 1. The average Bonchev–Trinajstić information content (AvgIpc) is 2.64. The molecule has 0 aliphatic rings. The number of anilines is 2. The molecule has 4 N–H and O–H groups in total. The van der Waals surface area contributed by atoms with Gasteiger partial charge in [0.1, 0.15) is 0 Å². The van der Waals surface area contributed by atoms with Crippen LogP contribution in [0.25, 0.3) is 11.3 Å². The molecule has 0 saturated carbocycles. The quantitative estimate of drug-likeness (QED) is 0.462. The van der Waals surface area contributed by atoms with Gasteiger partial charge >= 0.3 is 0 Å². The molecule has 0 saturated heterocycles. The van der Waals surface area contributed by atoms with E-state index >= 15 is 0 Å². The van der Waals surface area contributed by atoms with Gasteiger partial charge in [0, 0.05) is 16.9 Å². The third kappa shape index (κ3) is 4.53. The first kappa shape index (κ1) is 18.7. The van der Waals surface area contributed by atoms with Crippen LogP contribution in [0.3, 0.4) is 0 Å². The predicted molar refractivity (Wildman–Crippen MR) is 108 cm³/mol. The normalized spacial score (nSPS) is 10.6. The summed E-state index contributed by atoms with van der Waals surface area (Å²) in [6, 6.07) is 12.8. The number of hydrogen-bond donors (Lipinski definition) is 3. The monoisotopic (exact) mass is 381 g/mol. The minimum absolute atomic E-state index is 0.102. The van der Waals surface area contributed by atoms with Crippen molar-refractivity contribution < 1.29 is 4.79 Å². The van der Waals surface area contributed by atoms with Gasteiger partial charge in [-0.3, -0.25) is 14.6 Å². The van der Waals surface area contributed by atoms with Crippen molar-refractivity contribution in [3.05, 3.63) is 63.9 Å². The Balaban J connectivity index is 1.67. The molecule has 0 aliphatic heterocycles. The Labute approximate surface area is 160 Å². The number of carbonyl (C=O) groups excluding carboxylic acids is 1. The molecule has 0 aliphatic carbocycles. The van der Waals surface area contributed by atoms with Crippen LogP contribution >= 0.6 is 11.8 Å². The zero-order valence-corrected chi connectivity index (χ0v) is 15.8. The van der Waals surface area contributed by atoms with Crippen LogP contribution in [0.1, 0.15) is 11.1 Å². The van der Waals surface area contributed by atoms with Gasteiger partial charge in [0.05, 0.1) is 5.75 Å². The molecule has 0 unspecified atom stereocenters. The van der Waals surface area contributed by atoms with E-state index in [1.165, 1.54) is 0 Å². The molecule has 0 spiro atoms. The number of aryl methyl sites for hydroxylation is 2. The number of hydrogen-bond acceptors (Lipinski definition) is 6. The molecule has 0 bridgehead atoms. The smallest absolute Gasteiger partial charge is 0.278 e. The number of carbonyl (C=O) groups is 1. The maximum Gasteiger partial charge on any atom is 0.278 e. The zero-order chi connectivity index (χ0) is 19.4. The van der Waals surface area contributed by atoms with Gasteiger partial charge in [-0.15, -0.1) is 10.2 Å². The fourth-order valence-electron chi connectivity index (χ4n) is 2.47. The maximum absolute atomic E-state index is 12.3. The molecule has 1 amide bonds. The van der Waals surface area contributed by atoms with E-state index in [1.54, 1.807) is 24.3 Å². The van der Waals surface area contributed by atoms with Crippen molar-refractivity contribution in [2.75, 3.05) is 16.8 Å². The summed E-state index contributed by atoms with van der Waals surface area (Å²) in [4.78, 5) is 27.1. The highest BCUT2D eigenvalue weighted by atomic mass is 32.2. The van der Waals surface area contributed by atoms with E-state index in [1.807, 2.05) is 32.0 Å². The van der Waals surface area contributed by atoms with E-state index in [9.17, 15) is 9.59 Å². The fourth-order valence-corrected chi connectivity index (χ4v) is 3.07. The first-order valence-corrected chi connectivity index (χ1v) is 9.24. The summed E-state index contributed by atoms with van der Waals surface area (Å²) in [7, 11) is 0. The fraction of sp³-hybridized carbons (Fsp3) is 0.158. The van der Waals surface area contributed by atoms with Gasteiger partial charge in [-0.1, -0.05) is 42.1 Å². The summed E-state index contributed by atoms with van der Waals surface area (Å²) >= 11 is 1.11. The summed E-state index contributed by atoms with van der Waals surface area (Å²) in [5, 5.41) is 11.1. The molecule has 2 aromatic carbocycles. The number of amides is 1. The van der Waals surface area contributed by atoms with Gasteiger partial charge in [-0.05, 0) is 37.1 Å². The minimum Gasteiger partial charge on any atom is -0.398 e. The molecule has 0 radical (unpaired) electrons. The molecule has 0 atom stereocenters. The summed E-state index contributed by atoms with van der Waals surface area (Å²) in [6.45, 7) is 3.89. The lowest BCUT2D eigenvalue weighted by Gasteiger charge is -2.09. The summed E-state index contributed by atoms with van der Waals surface area (Å²) in [5.74, 6) is -0.0853. The number of rotatable bonds is 5. The second-order valence-electron chi connectivity index (χ2n) is 6.05. The van der Waals surface area contributed by atoms with Crippen molar-refractivity contribution in [2.45, 2.75) is 19.0 Å². The number of aromatic amines is 1. The average molecular weight is 381 g/mol. The maximum atomic E-state index is 12.3. The van der Waals surface area contributed by atoms with Crippen molar-refractivity contribution >= 4 is 29.0 Å². The number of benzene rings is 2. The van der Waals surface area contributed by atoms with Crippen LogP contribution in [-0.2, 0) is 4.79 Å². The van der Waals surface area contributed by atoms with E-state index in [2.05, 4.69) is 20.5 Å². The molecule has 3 aromatic rings. The van der Waals surface area contributed by atoms with Crippen molar-refractivity contribution in [3.8, 4) is 11.3 Å². The van der Waals surface area contributed by atoms with Crippen LogP contribution in [0.15, 0.2) is 52.4 Å². The third-order valence-corrected chi connectivity index (χ3v) is 4.76. The topological polar surface area (TPSA) is 114 Å². The van der Waals surface area contributed by atoms with Gasteiger partial charge in [0.25, 0.3) is 5.56 Å². The highest BCUT2D eigenvalue weighted by molar-refractivity contribution is 7.99. The lowest BCUT2D eigenvalue weighted by Crippen LogP contribution is -2.18. The SMILES string of the molecule is Cc1ccc(C)c(NC(=O)CSc2nnc(-c3ccccc3N)c(=O)[nH]2)c1. The third-order valence-electron chi connectivity index (χ3n) is 3.90. The van der Waals surface area contributed by atoms with Crippen molar-refractivity contribution in [1.82, 2.24) is 15.2 Å². The number of aromatic nitrogens is 3. The van der Waals surface area contributed by atoms with Crippen LogP contribution in [0.5, 0.6) is 0 Å². The molecular weight excluding hydrogens is 362 g/mol. The Bertz CT molecular complexity index is 1050. The Morgan fingerprint density at radius 1 is 1.19 bits per heavy atom. The largest absolute Gasteiger partial charge is 0.398 e. The standard InChI is InChI=1S/C19H19N5O2S/c1-11-7-8-12(2)15(9-11)21-16(25)10-27-19-22-18(26)17(23-24-19)13-5-3-4-6-14(13)20/h3-9H,10,20H2,1-2H3,(H,21,25)(H,22,24,26). The van der Waals surface area contributed by atoms with Gasteiger partial charge in [0.15, 0.2) is 10.9 Å². The number of thioether (sulfide) groups is 1. The molecule has 0 fully saturated rings. The lowest BCUT2D eigenvalue weighted by molar-refractivity contribution is -0.113. The molecule has 1 aromatic heterocycles. The van der Waals surface area contributed by atoms with Crippen LogP contribution < -0.4 is 16.6 Å². The molecular formula is C19H19N5O2S. The molecule has 7 nitrogen and oxygen atoms in total. The number of para-hydroxylation sites is 1. The Hall–Kier alpha value is -3.13. The van der Waals surface area contributed by atoms with Crippen LogP contribution in [-0.4, -0.2) is 26.8 Å². The Kier molecular flexibility index (Phi) is 5.56. The summed E-state index contributed by atoms with van der Waals surface area (Å²) < 4.78 is 0. The molecule has 8 heteroatoms. The van der Waals surface area contributed by atoms with Gasteiger partial charge < -0.3 is 11.1 Å². The molecule has 138 valence electrons. The van der Waals surface area contributed by atoms with E-state index in [4.69, 9.17) is 5.73 Å². The highest BCUT2D eigenvalue weighted by Gasteiger charge is 2.12. The first-order valence-electron chi connectivity index (χ1n) is 8.26. The van der Waals surface area contributed by atoms with Gasteiger partial charge in [-0.2, -0.15) is 0 Å². The first-order chi connectivity index (χ1) is 12.9. The van der Waals surface area contributed by atoms with E-state index in [0.717, 1.165) is 28.6 Å². The highest BCUT2D eigenvalue weighted by Crippen LogP contribution is 2.21. The minimum atomic E-state index is -0.402. The van der Waals surface area contributed by atoms with Gasteiger partial charge in [0.2, 0.25) is 5.91 Å². The molecule has 1 heterocycles. The van der Waals surface area contributed by atoms with Crippen LogP contribution in [0.4, 0.5) is 11.4 Å². The number of nitrogens with one attached hydrogen (secondary N) is 2. The van der Waals surface area contributed by atoms with Gasteiger partial charge in [-0.25, -0.2) is 0 Å². The van der Waals surface area contributed by atoms with Crippen molar-refractivity contribution in [3.63, 3.8) is 0 Å². The van der Waals surface area contributed by atoms with E-state index in [-0.39, 0.29) is 22.5 Å². The Morgan fingerprint density at radius 3 is 2.70 bits per heavy atom. The van der Waals surface area contributed by atoms with Crippen molar-refractivity contribution in [2.24, 2.45) is 0 Å². The predicted octanol–water partition coefficient (Wildman–Crippen LogP) is 2.76. The lowest BCUT2D eigenvalue weighted by atomic mass is 10.1. The summed E-state index contributed by atoms with van der Waals surface area (Å²) in [5.41, 5.74) is 9.42. The second kappa shape index (κ2) is 8.05. The van der Waals surface area contributed by atoms with E-state index < -0.39 is 5.56 Å². The molecule has 3 rings (SSSR count). The van der Waals surface area contributed by atoms with Crippen molar-refractivity contribution in [1.29, 1.82) is 0 Å². The van der Waals surface area contributed by atoms with Crippen LogP contribution in [0, 0.1) is 13.8 Å². The number of nitrogens with zero attached hydrogens (tertiary/aromatic N) is 2. The van der Waals surface area contributed by atoms with E-state index in [0.29, 0.717) is 11.3 Å².